The van der Waals surface area contributed by atoms with Crippen LogP contribution < -0.4 is 5.32 Å². The number of nitrogens with zero attached hydrogens (tertiary/aromatic N) is 1. The molecule has 0 radical (unpaired) electrons. The average molecular weight is 330 g/mol. The van der Waals surface area contributed by atoms with Crippen LogP contribution in [-0.2, 0) is 11.3 Å². The summed E-state index contributed by atoms with van der Waals surface area (Å²) in [7, 11) is 0. The monoisotopic (exact) mass is 330 g/mol. The number of hydrogen-bond donors (Lipinski definition) is 1. The number of rotatable bonds is 6. The van der Waals surface area contributed by atoms with Gasteiger partial charge in [0.25, 0.3) is 0 Å². The molecule has 0 spiro atoms. The van der Waals surface area contributed by atoms with Crippen molar-refractivity contribution in [2.45, 2.75) is 64.1 Å². The molecule has 2 atom stereocenters. The number of ether oxygens (including phenoxy) is 1. The van der Waals surface area contributed by atoms with Gasteiger partial charge in [0.1, 0.15) is 6.61 Å². The minimum atomic E-state index is -0.289. The van der Waals surface area contributed by atoms with Crippen molar-refractivity contribution in [3.8, 4) is 0 Å². The molecule has 1 aliphatic carbocycles. The van der Waals surface area contributed by atoms with Crippen LogP contribution in [-0.4, -0.2) is 36.2 Å². The molecular formula is C20H30N2O2. The molecule has 132 valence electrons. The molecule has 2 unspecified atom stereocenters. The van der Waals surface area contributed by atoms with Crippen LogP contribution in [0.25, 0.3) is 0 Å². The van der Waals surface area contributed by atoms with E-state index in [1.807, 2.05) is 30.3 Å². The molecule has 1 aliphatic heterocycles. The molecule has 1 amide bonds. The standard InChI is InChI=1S/C20H30N2O2/c1-2-19(17-10-6-11-17)22-13-7-12-18(14-22)21-20(23)24-15-16-8-4-3-5-9-16/h3-5,8-9,17-19H,2,6-7,10-15H2,1H3,(H,21,23). The van der Waals surface area contributed by atoms with E-state index in [1.54, 1.807) is 0 Å². The highest BCUT2D eigenvalue weighted by Gasteiger charge is 2.33. The van der Waals surface area contributed by atoms with Crippen LogP contribution >= 0.6 is 0 Å². The zero-order valence-corrected chi connectivity index (χ0v) is 14.7. The van der Waals surface area contributed by atoms with Gasteiger partial charge in [-0.3, -0.25) is 4.90 Å². The second-order valence-corrected chi connectivity index (χ2v) is 7.21. The first-order valence-electron chi connectivity index (χ1n) is 9.47. The third kappa shape index (κ3) is 4.50. The number of nitrogens with one attached hydrogen (secondary N) is 1. The lowest BCUT2D eigenvalue weighted by Gasteiger charge is -2.44. The maximum Gasteiger partial charge on any atom is 0.407 e. The Morgan fingerprint density at radius 1 is 1.25 bits per heavy atom. The summed E-state index contributed by atoms with van der Waals surface area (Å²) in [5.41, 5.74) is 1.02. The third-order valence-corrected chi connectivity index (χ3v) is 5.57. The molecule has 0 aromatic heterocycles. The molecular weight excluding hydrogens is 300 g/mol. The van der Waals surface area contributed by atoms with E-state index in [0.29, 0.717) is 12.6 Å². The highest BCUT2D eigenvalue weighted by molar-refractivity contribution is 5.67. The van der Waals surface area contributed by atoms with E-state index in [1.165, 1.54) is 32.2 Å². The van der Waals surface area contributed by atoms with Crippen molar-refractivity contribution < 1.29 is 9.53 Å². The van der Waals surface area contributed by atoms with Gasteiger partial charge >= 0.3 is 6.09 Å². The summed E-state index contributed by atoms with van der Waals surface area (Å²) in [6.07, 6.45) is 7.30. The van der Waals surface area contributed by atoms with Crippen LogP contribution in [0, 0.1) is 5.92 Å². The maximum atomic E-state index is 12.1. The van der Waals surface area contributed by atoms with Gasteiger partial charge in [-0.1, -0.05) is 43.7 Å². The van der Waals surface area contributed by atoms with Crippen molar-refractivity contribution in [3.05, 3.63) is 35.9 Å². The summed E-state index contributed by atoms with van der Waals surface area (Å²) in [6.45, 7) is 4.78. The first kappa shape index (κ1) is 17.3. The fourth-order valence-electron chi connectivity index (χ4n) is 4.07. The molecule has 1 saturated heterocycles. The van der Waals surface area contributed by atoms with Gasteiger partial charge in [0.15, 0.2) is 0 Å². The number of carbonyl (C=O) groups is 1. The molecule has 2 fully saturated rings. The molecule has 2 aliphatic rings. The molecule has 1 aromatic rings. The Bertz CT molecular complexity index is 516. The van der Waals surface area contributed by atoms with E-state index in [0.717, 1.165) is 30.9 Å². The summed E-state index contributed by atoms with van der Waals surface area (Å²) in [4.78, 5) is 14.7. The molecule has 1 N–H and O–H groups in total. The summed E-state index contributed by atoms with van der Waals surface area (Å²) in [6, 6.07) is 10.7. The minimum absolute atomic E-state index is 0.219. The van der Waals surface area contributed by atoms with E-state index < -0.39 is 0 Å². The Balaban J connectivity index is 1.45. The first-order chi connectivity index (χ1) is 11.8. The highest BCUT2D eigenvalue weighted by atomic mass is 16.5. The third-order valence-electron chi connectivity index (χ3n) is 5.57. The number of amides is 1. The number of alkyl carbamates (subject to hydrolysis) is 1. The van der Waals surface area contributed by atoms with Crippen LogP contribution in [0.3, 0.4) is 0 Å². The number of likely N-dealkylation sites (tertiary alicyclic amines) is 1. The lowest BCUT2D eigenvalue weighted by Crippen LogP contribution is -2.53. The quantitative estimate of drug-likeness (QED) is 0.858. The lowest BCUT2D eigenvalue weighted by molar-refractivity contribution is 0.0600. The Hall–Kier alpha value is -1.55. The summed E-state index contributed by atoms with van der Waals surface area (Å²) in [5, 5.41) is 3.07. The molecule has 3 rings (SSSR count). The predicted octanol–water partition coefficient (Wildman–Crippen LogP) is 3.96. The molecule has 1 saturated carbocycles. The second-order valence-electron chi connectivity index (χ2n) is 7.21. The fourth-order valence-corrected chi connectivity index (χ4v) is 4.07. The van der Waals surface area contributed by atoms with Gasteiger partial charge in [0, 0.05) is 18.6 Å². The van der Waals surface area contributed by atoms with Gasteiger partial charge in [0.2, 0.25) is 0 Å². The summed E-state index contributed by atoms with van der Waals surface area (Å²) >= 11 is 0. The normalized spacial score (nSPS) is 23.3. The van der Waals surface area contributed by atoms with Gasteiger partial charge in [-0.05, 0) is 50.1 Å². The predicted molar refractivity (Wildman–Crippen MR) is 95.8 cm³/mol. The van der Waals surface area contributed by atoms with Gasteiger partial charge in [0.05, 0.1) is 0 Å². The Kier molecular flexibility index (Phi) is 6.13. The van der Waals surface area contributed by atoms with Crippen molar-refractivity contribution in [2.24, 2.45) is 5.92 Å². The SMILES string of the molecule is CCC(C1CCC1)N1CCCC(NC(=O)OCc2ccccc2)C1. The van der Waals surface area contributed by atoms with Gasteiger partial charge in [-0.15, -0.1) is 0 Å². The van der Waals surface area contributed by atoms with Crippen LogP contribution in [0.15, 0.2) is 30.3 Å². The number of carbonyl (C=O) groups excluding carboxylic acids is 1. The van der Waals surface area contributed by atoms with Gasteiger partial charge < -0.3 is 10.1 Å². The smallest absolute Gasteiger partial charge is 0.407 e. The highest BCUT2D eigenvalue weighted by Crippen LogP contribution is 2.34. The van der Waals surface area contributed by atoms with E-state index >= 15 is 0 Å². The second kappa shape index (κ2) is 8.52. The van der Waals surface area contributed by atoms with E-state index in [4.69, 9.17) is 4.74 Å². The topological polar surface area (TPSA) is 41.6 Å². The Morgan fingerprint density at radius 2 is 2.04 bits per heavy atom. The van der Waals surface area contributed by atoms with Crippen molar-refractivity contribution in [1.82, 2.24) is 10.2 Å². The number of piperidine rings is 1. The van der Waals surface area contributed by atoms with Crippen molar-refractivity contribution in [3.63, 3.8) is 0 Å². The summed E-state index contributed by atoms with van der Waals surface area (Å²) < 4.78 is 5.36. The Morgan fingerprint density at radius 3 is 2.71 bits per heavy atom. The van der Waals surface area contributed by atoms with E-state index in [2.05, 4.69) is 17.1 Å². The van der Waals surface area contributed by atoms with Gasteiger partial charge in [-0.25, -0.2) is 4.79 Å². The van der Waals surface area contributed by atoms with Crippen LogP contribution in [0.2, 0.25) is 0 Å². The van der Waals surface area contributed by atoms with Crippen molar-refractivity contribution in [2.75, 3.05) is 13.1 Å². The zero-order valence-electron chi connectivity index (χ0n) is 14.7. The fraction of sp³-hybridized carbons (Fsp3) is 0.650. The van der Waals surface area contributed by atoms with Crippen LogP contribution in [0.5, 0.6) is 0 Å². The largest absolute Gasteiger partial charge is 0.445 e. The van der Waals surface area contributed by atoms with E-state index in [9.17, 15) is 4.79 Å². The van der Waals surface area contributed by atoms with Crippen molar-refractivity contribution in [1.29, 1.82) is 0 Å². The van der Waals surface area contributed by atoms with Crippen LogP contribution in [0.4, 0.5) is 4.79 Å². The molecule has 1 heterocycles. The molecule has 1 aromatic carbocycles. The zero-order chi connectivity index (χ0) is 16.8. The van der Waals surface area contributed by atoms with Crippen LogP contribution in [0.1, 0.15) is 51.0 Å². The maximum absolute atomic E-state index is 12.1. The summed E-state index contributed by atoms with van der Waals surface area (Å²) in [5.74, 6) is 0.874. The minimum Gasteiger partial charge on any atom is -0.445 e. The molecule has 0 bridgehead atoms. The number of hydrogen-bond acceptors (Lipinski definition) is 3. The molecule has 4 nitrogen and oxygen atoms in total. The molecule has 24 heavy (non-hydrogen) atoms. The van der Waals surface area contributed by atoms with E-state index in [-0.39, 0.29) is 12.1 Å². The first-order valence-corrected chi connectivity index (χ1v) is 9.47. The molecule has 4 heteroatoms. The lowest BCUT2D eigenvalue weighted by atomic mass is 9.77. The Labute approximate surface area is 145 Å². The number of benzene rings is 1. The van der Waals surface area contributed by atoms with Crippen molar-refractivity contribution >= 4 is 6.09 Å². The average Bonchev–Trinajstić information content (AvgIpc) is 2.57. The van der Waals surface area contributed by atoms with Gasteiger partial charge in [-0.2, -0.15) is 0 Å².